The van der Waals surface area contributed by atoms with Crippen LogP contribution in [0.5, 0.6) is 0 Å². The van der Waals surface area contributed by atoms with Crippen molar-refractivity contribution in [3.8, 4) is 17.1 Å². The lowest BCUT2D eigenvalue weighted by Crippen LogP contribution is -2.27. The molecule has 2 heterocycles. The highest BCUT2D eigenvalue weighted by Gasteiger charge is 2.17. The smallest absolute Gasteiger partial charge is 0.230 e. The molecule has 158 valence electrons. The number of carbonyl (C=O) groups excluding carboxylic acids is 1. The third kappa shape index (κ3) is 5.36. The van der Waals surface area contributed by atoms with Gasteiger partial charge >= 0.3 is 0 Å². The van der Waals surface area contributed by atoms with Crippen molar-refractivity contribution >= 4 is 29.0 Å². The molecule has 0 spiro atoms. The van der Waals surface area contributed by atoms with E-state index in [1.54, 1.807) is 40.2 Å². The van der Waals surface area contributed by atoms with E-state index in [4.69, 9.17) is 0 Å². The van der Waals surface area contributed by atoms with E-state index >= 15 is 0 Å². The number of amides is 1. The Kier molecular flexibility index (Phi) is 6.73. The van der Waals surface area contributed by atoms with Crippen LogP contribution in [0.1, 0.15) is 4.88 Å². The van der Waals surface area contributed by atoms with Gasteiger partial charge in [0, 0.05) is 22.7 Å². The molecular formula is C22H18F2N4OS2. The zero-order chi connectivity index (χ0) is 21.6. The fraction of sp³-hybridized carbons (Fsp3) is 0.136. The van der Waals surface area contributed by atoms with Crippen molar-refractivity contribution in [2.75, 3.05) is 12.3 Å². The van der Waals surface area contributed by atoms with Crippen LogP contribution in [0.3, 0.4) is 0 Å². The van der Waals surface area contributed by atoms with Crippen LogP contribution in [0.15, 0.2) is 71.2 Å². The van der Waals surface area contributed by atoms with E-state index in [1.807, 2.05) is 17.5 Å². The van der Waals surface area contributed by atoms with Gasteiger partial charge in [-0.1, -0.05) is 17.8 Å². The lowest BCUT2D eigenvalue weighted by Gasteiger charge is -2.10. The number of thioether (sulfide) groups is 1. The van der Waals surface area contributed by atoms with E-state index in [0.29, 0.717) is 28.8 Å². The second-order valence-electron chi connectivity index (χ2n) is 6.59. The summed E-state index contributed by atoms with van der Waals surface area (Å²) in [6.45, 7) is 0.561. The van der Waals surface area contributed by atoms with Gasteiger partial charge in [-0.05, 0) is 66.4 Å². The Bertz CT molecular complexity index is 1140. The van der Waals surface area contributed by atoms with Crippen molar-refractivity contribution in [2.45, 2.75) is 11.6 Å². The van der Waals surface area contributed by atoms with E-state index in [9.17, 15) is 13.6 Å². The number of nitrogens with zero attached hydrogens (tertiary/aromatic N) is 3. The number of aromatic nitrogens is 3. The molecule has 0 unspecified atom stereocenters. The average molecular weight is 457 g/mol. The Morgan fingerprint density at radius 2 is 1.71 bits per heavy atom. The molecule has 0 aliphatic heterocycles. The standard InChI is InChI=1S/C22H18F2N4OS2/c23-16-5-3-15(4-6-16)21-26-27-22(28(21)18-9-7-17(24)8-10-18)31-14-20(29)25-12-11-19-2-1-13-30-19/h1-10,13H,11-12,14H2,(H,25,29). The van der Waals surface area contributed by atoms with Crippen LogP contribution >= 0.6 is 23.1 Å². The number of hydrogen-bond acceptors (Lipinski definition) is 5. The zero-order valence-electron chi connectivity index (χ0n) is 16.3. The van der Waals surface area contributed by atoms with Crippen LogP contribution in [-0.4, -0.2) is 33.0 Å². The first-order valence-electron chi connectivity index (χ1n) is 9.49. The maximum Gasteiger partial charge on any atom is 0.230 e. The maximum atomic E-state index is 13.4. The van der Waals surface area contributed by atoms with E-state index in [0.717, 1.165) is 6.42 Å². The van der Waals surface area contributed by atoms with Gasteiger partial charge in [0.2, 0.25) is 5.91 Å². The summed E-state index contributed by atoms with van der Waals surface area (Å²) < 4.78 is 28.5. The van der Waals surface area contributed by atoms with Crippen molar-refractivity contribution in [3.05, 3.63) is 82.6 Å². The first-order chi connectivity index (χ1) is 15.1. The summed E-state index contributed by atoms with van der Waals surface area (Å²) in [6, 6.07) is 15.8. The number of carbonyl (C=O) groups is 1. The average Bonchev–Trinajstić information content (AvgIpc) is 3.43. The van der Waals surface area contributed by atoms with Gasteiger partial charge in [-0.15, -0.1) is 21.5 Å². The van der Waals surface area contributed by atoms with E-state index < -0.39 is 0 Å². The highest BCUT2D eigenvalue weighted by Crippen LogP contribution is 2.28. The Labute approximate surface area is 186 Å². The molecule has 0 saturated heterocycles. The van der Waals surface area contributed by atoms with Crippen molar-refractivity contribution in [2.24, 2.45) is 0 Å². The molecular weight excluding hydrogens is 438 g/mol. The first kappa shape index (κ1) is 21.2. The van der Waals surface area contributed by atoms with Gasteiger partial charge in [0.1, 0.15) is 11.6 Å². The molecule has 0 saturated carbocycles. The quantitative estimate of drug-likeness (QED) is 0.390. The second-order valence-corrected chi connectivity index (χ2v) is 8.57. The van der Waals surface area contributed by atoms with Crippen molar-refractivity contribution in [3.63, 3.8) is 0 Å². The molecule has 0 aliphatic carbocycles. The van der Waals surface area contributed by atoms with Gasteiger partial charge < -0.3 is 5.32 Å². The van der Waals surface area contributed by atoms with Gasteiger partial charge in [0.25, 0.3) is 0 Å². The molecule has 5 nitrogen and oxygen atoms in total. The van der Waals surface area contributed by atoms with Gasteiger partial charge in [0.05, 0.1) is 5.75 Å². The number of hydrogen-bond donors (Lipinski definition) is 1. The SMILES string of the molecule is O=C(CSc1nnc(-c2ccc(F)cc2)n1-c1ccc(F)cc1)NCCc1cccs1. The molecule has 0 aliphatic rings. The number of rotatable bonds is 8. The summed E-state index contributed by atoms with van der Waals surface area (Å²) >= 11 is 2.89. The van der Waals surface area contributed by atoms with Gasteiger partial charge in [-0.25, -0.2) is 8.78 Å². The molecule has 1 amide bonds. The van der Waals surface area contributed by atoms with E-state index in [2.05, 4.69) is 15.5 Å². The highest BCUT2D eigenvalue weighted by atomic mass is 32.2. The summed E-state index contributed by atoms with van der Waals surface area (Å²) in [7, 11) is 0. The number of benzene rings is 2. The predicted octanol–water partition coefficient (Wildman–Crippen LogP) is 4.73. The number of nitrogens with one attached hydrogen (secondary N) is 1. The number of halogens is 2. The molecule has 0 radical (unpaired) electrons. The Morgan fingerprint density at radius 1 is 1.00 bits per heavy atom. The topological polar surface area (TPSA) is 59.8 Å². The van der Waals surface area contributed by atoms with Gasteiger partial charge in [-0.2, -0.15) is 0 Å². The molecule has 1 N–H and O–H groups in total. The molecule has 2 aromatic carbocycles. The first-order valence-corrected chi connectivity index (χ1v) is 11.4. The van der Waals surface area contributed by atoms with Crippen molar-refractivity contribution in [1.82, 2.24) is 20.1 Å². The largest absolute Gasteiger partial charge is 0.355 e. The molecule has 0 bridgehead atoms. The van der Waals surface area contributed by atoms with Crippen LogP contribution < -0.4 is 5.32 Å². The third-order valence-electron chi connectivity index (χ3n) is 4.43. The minimum Gasteiger partial charge on any atom is -0.355 e. The normalized spacial score (nSPS) is 10.9. The Balaban J connectivity index is 1.50. The molecule has 2 aromatic heterocycles. The van der Waals surface area contributed by atoms with Crippen molar-refractivity contribution < 1.29 is 13.6 Å². The molecule has 9 heteroatoms. The minimum atomic E-state index is -0.362. The Morgan fingerprint density at radius 3 is 2.39 bits per heavy atom. The lowest BCUT2D eigenvalue weighted by atomic mass is 10.2. The summed E-state index contributed by atoms with van der Waals surface area (Å²) in [5.41, 5.74) is 1.30. The van der Waals surface area contributed by atoms with Crippen LogP contribution in [0.4, 0.5) is 8.78 Å². The lowest BCUT2D eigenvalue weighted by molar-refractivity contribution is -0.118. The van der Waals surface area contributed by atoms with Crippen molar-refractivity contribution in [1.29, 1.82) is 0 Å². The second kappa shape index (κ2) is 9.84. The fourth-order valence-electron chi connectivity index (χ4n) is 2.93. The Hall–Kier alpha value is -3.04. The predicted molar refractivity (Wildman–Crippen MR) is 118 cm³/mol. The van der Waals surface area contributed by atoms with E-state index in [1.165, 1.54) is 40.9 Å². The third-order valence-corrected chi connectivity index (χ3v) is 6.29. The van der Waals surface area contributed by atoms with Crippen LogP contribution in [0, 0.1) is 11.6 Å². The number of thiophene rings is 1. The minimum absolute atomic E-state index is 0.112. The highest BCUT2D eigenvalue weighted by molar-refractivity contribution is 7.99. The fourth-order valence-corrected chi connectivity index (χ4v) is 4.42. The van der Waals surface area contributed by atoms with E-state index in [-0.39, 0.29) is 23.3 Å². The van der Waals surface area contributed by atoms with Crippen LogP contribution in [0.2, 0.25) is 0 Å². The summed E-state index contributed by atoms with van der Waals surface area (Å²) in [5.74, 6) is -0.191. The summed E-state index contributed by atoms with van der Waals surface area (Å²) in [4.78, 5) is 13.5. The molecule has 4 rings (SSSR count). The molecule has 31 heavy (non-hydrogen) atoms. The molecule has 0 fully saturated rings. The van der Waals surface area contributed by atoms with Gasteiger partial charge in [-0.3, -0.25) is 9.36 Å². The summed E-state index contributed by atoms with van der Waals surface area (Å²) in [5, 5.41) is 13.8. The van der Waals surface area contributed by atoms with Gasteiger partial charge in [0.15, 0.2) is 11.0 Å². The summed E-state index contributed by atoms with van der Waals surface area (Å²) in [6.07, 6.45) is 0.786. The maximum absolute atomic E-state index is 13.4. The van der Waals surface area contributed by atoms with Crippen LogP contribution in [-0.2, 0) is 11.2 Å². The van der Waals surface area contributed by atoms with Crippen LogP contribution in [0.25, 0.3) is 17.1 Å². The zero-order valence-corrected chi connectivity index (χ0v) is 17.9. The molecule has 4 aromatic rings. The molecule has 0 atom stereocenters. The monoisotopic (exact) mass is 456 g/mol.